The van der Waals surface area contributed by atoms with Crippen molar-refractivity contribution in [1.82, 2.24) is 116 Å². The molecule has 20 atom stereocenters. The number of guanidine groups is 1. The summed E-state index contributed by atoms with van der Waals surface area (Å²) in [7, 11) is 0. The lowest BCUT2D eigenvalue weighted by atomic mass is 10.0. The number of nitrogens with one attached hydrogen (secondary N) is 22. The summed E-state index contributed by atoms with van der Waals surface area (Å²) in [5.41, 5.74) is 21.8. The smallest absolute Gasteiger partial charge is 0.326 e. The van der Waals surface area contributed by atoms with Gasteiger partial charge in [-0.2, -0.15) is 12.6 Å². The number of carboxylic acids is 2. The Bertz CT molecular complexity index is 4570. The predicted octanol–water partition coefficient (Wildman–Crippen LogP) is -14.1. The number of nitrogens with zero attached hydrogens (tertiary/aromatic N) is 1. The fraction of sp³-hybridized carbons (Fsp3) is 0.686. The average Bonchev–Trinajstić information content (AvgIpc) is 1.78. The monoisotopic (exact) mass is 2090 g/mol. The first-order chi connectivity index (χ1) is 67.7. The second kappa shape index (κ2) is 65.6. The van der Waals surface area contributed by atoms with Crippen molar-refractivity contribution in [2.75, 3.05) is 51.9 Å². The number of primary amides is 2. The fourth-order valence-electron chi connectivity index (χ4n) is 13.5. The number of aromatic amines is 1. The van der Waals surface area contributed by atoms with Crippen molar-refractivity contribution in [2.24, 2.45) is 58.4 Å². The molecule has 0 radical (unpaired) electrons. The Hall–Kier alpha value is -13.6. The van der Waals surface area contributed by atoms with Crippen molar-refractivity contribution in [2.45, 2.75) is 288 Å². The number of thiol groups is 1. The van der Waals surface area contributed by atoms with Gasteiger partial charge in [0.2, 0.25) is 124 Å². The van der Waals surface area contributed by atoms with E-state index in [0.717, 1.165) is 13.8 Å². The van der Waals surface area contributed by atoms with Gasteiger partial charge in [0.25, 0.3) is 0 Å². The van der Waals surface area contributed by atoms with E-state index in [1.54, 1.807) is 55.4 Å². The van der Waals surface area contributed by atoms with Crippen LogP contribution in [0.5, 0.6) is 0 Å². The number of aliphatic hydroxyl groups is 6. The summed E-state index contributed by atoms with van der Waals surface area (Å²) in [4.78, 5) is 317. The lowest BCUT2D eigenvalue weighted by molar-refractivity contribution is -0.143. The van der Waals surface area contributed by atoms with E-state index in [1.165, 1.54) is 40.2 Å². The number of rotatable bonds is 69. The van der Waals surface area contributed by atoms with Crippen LogP contribution in [-0.2, 0) is 117 Å². The van der Waals surface area contributed by atoms with Crippen LogP contribution in [0.25, 0.3) is 0 Å². The molecule has 0 saturated heterocycles. The largest absolute Gasteiger partial charge is 0.481 e. The Morgan fingerprint density at radius 3 is 1.11 bits per heavy atom. The van der Waals surface area contributed by atoms with Gasteiger partial charge in [0.15, 0.2) is 5.96 Å². The predicted molar refractivity (Wildman–Crippen MR) is 513 cm³/mol. The van der Waals surface area contributed by atoms with Gasteiger partial charge in [0.1, 0.15) is 115 Å². The van der Waals surface area contributed by atoms with E-state index >= 15 is 0 Å². The number of aromatic nitrogens is 2. The van der Waals surface area contributed by atoms with E-state index in [9.17, 15) is 151 Å². The van der Waals surface area contributed by atoms with E-state index in [0.29, 0.717) is 0 Å². The molecule has 58 nitrogen and oxygen atoms in total. The quantitative estimate of drug-likeness (QED) is 0.0125. The number of carbonyl (C=O) groups excluding carboxylic acids is 21. The molecule has 1 aromatic heterocycles. The maximum absolute atomic E-state index is 14.4. The van der Waals surface area contributed by atoms with Crippen LogP contribution < -0.4 is 129 Å². The molecule has 1 heterocycles. The average molecular weight is 2090 g/mol. The summed E-state index contributed by atoms with van der Waals surface area (Å²) in [6.45, 7) is 14.7. The molecule has 38 N–H and O–H groups in total. The number of aliphatic carboxylic acids is 2. The summed E-state index contributed by atoms with van der Waals surface area (Å²) in [5.74, 6) is -31.3. The summed E-state index contributed by atoms with van der Waals surface area (Å²) in [6, 6.07) is -32.5. The molecule has 0 bridgehead atoms. The number of hydrogen-bond donors (Lipinski definition) is 35. The molecule has 0 aliphatic heterocycles. The second-order valence-corrected chi connectivity index (χ2v) is 37.0. The topological polar surface area (TPSA) is 952 Å². The highest BCUT2D eigenvalue weighted by molar-refractivity contribution is 7.80. The minimum absolute atomic E-state index is 0.0264. The number of nitrogens with two attached hydrogens (primary N) is 4. The molecule has 21 amide bonds. The van der Waals surface area contributed by atoms with Crippen LogP contribution in [-0.4, -0.2) is 366 Å². The Balaban J connectivity index is 3.47. The SMILES string of the molecule is CC(C)C[C@H](NC(=O)[C@H](CC(N)=O)NC(=O)[C@H](CCC(N)=O)NC(=O)[C@H](CO)NC(=O)[C@H](C)NC(=O)[C@H](Cc1c[nH]cn1)NC(=O)[C@H](CS)NC(=O)[C@@H](NC(=O)[C@H](CC(C)C)NC(=O)[C@H](CO)NC(=O)[C@@H](NC(=O)[C@H](CCCNC(=N)N)NC(=O)[C@H](CC(=O)O)NC(=O)CNC(=O)[C@H](CC(C)C)NC(=O)[C@H](CO)NC(=O)[C@@H](NC(=O)[C@H](CO)NC(=O)[C@H](CC(C)C)NC(=O)[C@@H](N)CO)C(C)C)C(C)C)[C@@H](C)O)C(=O)O. The molecule has 1 rings (SSSR count). The van der Waals surface area contributed by atoms with Crippen molar-refractivity contribution >= 4 is 155 Å². The number of hydrogen-bond acceptors (Lipinski definition) is 33. The number of H-pyrrole nitrogens is 1. The van der Waals surface area contributed by atoms with Crippen molar-refractivity contribution < 1.29 is 151 Å². The molecule has 145 heavy (non-hydrogen) atoms. The lowest BCUT2D eigenvalue weighted by Gasteiger charge is -2.29. The minimum atomic E-state index is -2.05. The molecule has 0 aliphatic rings. The molecule has 0 fully saturated rings. The third kappa shape index (κ3) is 48.5. The summed E-state index contributed by atoms with van der Waals surface area (Å²) in [5, 5.41) is 135. The molecule has 0 spiro atoms. The standard InChI is InChI=1S/C86H147N27O31S/c1-36(2)20-48(101-78(136)56(31-116)108-83(141)65(41(11)12)112-80(138)58(33-118)107-73(131)49(21-37(3)4)100-68(126)45(87)29-114)69(127)94-28-62(122)97-53(26-63(123)124)75(133)98-46(16-15-19-93-86(90)91)71(129)111-64(40(9)10)82(140)109-57(32-117)79(137)102-50(22-38(5)6)76(134)113-66(43(14)119)84(142)110-59(34-145)81(139)103-51(24-44-27-92-35-95-44)72(130)96-42(13)67(125)106-55(30-115)77(135)99-47(17-18-60(88)120)70(128)104-52(25-61(89)121)74(132)105-54(85(143)144)23-39(7)8/h27,35-43,45-59,64-66,114-119,145H,15-26,28-34,87H2,1-14H3,(H2,88,120)(H2,89,121)(H,92,95)(H,94,127)(H,96,130)(H,97,122)(H,98,133)(H,99,135)(H,100,126)(H,101,136)(H,102,137)(H,103,139)(H,104,128)(H,105,132)(H,106,125)(H,107,131)(H,108,141)(H,109,140)(H,110,142)(H,111,129)(H,112,138)(H,113,134)(H,123,124)(H,143,144)(H4,90,91,93)/t42-,43+,45-,46-,47-,48-,49-,50-,51-,52-,53-,54-,55-,56-,57-,58-,59-,64-,65-,66-/m0/s1. The number of carboxylic acid groups (broad SMARTS) is 2. The molecular formula is C86H147N27O31S. The number of imidazole rings is 1. The first kappa shape index (κ1) is 129. The van der Waals surface area contributed by atoms with E-state index in [-0.39, 0.29) is 62.6 Å². The molecule has 0 saturated carbocycles. The molecule has 1 aromatic rings. The number of aliphatic hydroxyl groups excluding tert-OH is 6. The number of carbonyl (C=O) groups is 23. The minimum Gasteiger partial charge on any atom is -0.481 e. The maximum Gasteiger partial charge on any atom is 0.326 e. The summed E-state index contributed by atoms with van der Waals surface area (Å²) >= 11 is 4.20. The second-order valence-electron chi connectivity index (χ2n) is 36.6. The highest BCUT2D eigenvalue weighted by atomic mass is 32.1. The van der Waals surface area contributed by atoms with Crippen LogP contribution in [0, 0.1) is 40.9 Å². The van der Waals surface area contributed by atoms with Crippen molar-refractivity contribution in [3.05, 3.63) is 18.2 Å². The van der Waals surface area contributed by atoms with E-state index in [1.807, 2.05) is 0 Å². The van der Waals surface area contributed by atoms with Gasteiger partial charge in [0, 0.05) is 31.3 Å². The summed E-state index contributed by atoms with van der Waals surface area (Å²) in [6.07, 6.45) is -3.87. The van der Waals surface area contributed by atoms with Gasteiger partial charge in [-0.1, -0.05) is 83.1 Å². The van der Waals surface area contributed by atoms with Crippen molar-refractivity contribution in [3.63, 3.8) is 0 Å². The molecule has 0 aromatic carbocycles. The molecule has 818 valence electrons. The maximum atomic E-state index is 14.4. The van der Waals surface area contributed by atoms with Crippen LogP contribution in [0.15, 0.2) is 12.5 Å². The zero-order valence-electron chi connectivity index (χ0n) is 83.3. The Labute approximate surface area is 840 Å². The van der Waals surface area contributed by atoms with Gasteiger partial charge in [-0.05, 0) is 94.3 Å². The number of amides is 21. The van der Waals surface area contributed by atoms with Crippen molar-refractivity contribution in [3.8, 4) is 0 Å². The Morgan fingerprint density at radius 1 is 0.366 bits per heavy atom. The van der Waals surface area contributed by atoms with Gasteiger partial charge >= 0.3 is 11.9 Å². The van der Waals surface area contributed by atoms with E-state index in [4.69, 9.17) is 28.3 Å². The fourth-order valence-corrected chi connectivity index (χ4v) is 13.8. The van der Waals surface area contributed by atoms with Crippen LogP contribution in [0.3, 0.4) is 0 Å². The molecule has 0 aliphatic carbocycles. The lowest BCUT2D eigenvalue weighted by Crippen LogP contribution is -2.63. The zero-order chi connectivity index (χ0) is 111. The highest BCUT2D eigenvalue weighted by Crippen LogP contribution is 2.16. The van der Waals surface area contributed by atoms with Crippen LogP contribution in [0.2, 0.25) is 0 Å². The van der Waals surface area contributed by atoms with Crippen molar-refractivity contribution in [1.29, 1.82) is 5.41 Å². The van der Waals surface area contributed by atoms with Gasteiger partial charge < -0.3 is 175 Å². The third-order valence-electron chi connectivity index (χ3n) is 21.3. The molecule has 59 heteroatoms. The third-order valence-corrected chi connectivity index (χ3v) is 21.7. The normalized spacial score (nSPS) is 15.4. The Kier molecular flexibility index (Phi) is 58.5. The molecule has 0 unspecified atom stereocenters. The van der Waals surface area contributed by atoms with Gasteiger partial charge in [-0.3, -0.25) is 111 Å². The van der Waals surface area contributed by atoms with Crippen LogP contribution in [0.4, 0.5) is 0 Å². The van der Waals surface area contributed by atoms with Gasteiger partial charge in [-0.15, -0.1) is 0 Å². The van der Waals surface area contributed by atoms with Crippen LogP contribution >= 0.6 is 12.6 Å². The zero-order valence-corrected chi connectivity index (χ0v) is 84.2. The van der Waals surface area contributed by atoms with E-state index in [2.05, 4.69) is 129 Å². The summed E-state index contributed by atoms with van der Waals surface area (Å²) < 4.78 is 0. The Morgan fingerprint density at radius 2 is 0.703 bits per heavy atom. The highest BCUT2D eigenvalue weighted by Gasteiger charge is 2.42. The first-order valence-electron chi connectivity index (χ1n) is 46.6. The van der Waals surface area contributed by atoms with E-state index < -0.39 is 364 Å². The molecular weight excluding hydrogens is 1940 g/mol. The first-order valence-corrected chi connectivity index (χ1v) is 47.2. The van der Waals surface area contributed by atoms with Gasteiger partial charge in [0.05, 0.1) is 70.5 Å². The van der Waals surface area contributed by atoms with Crippen LogP contribution in [0.1, 0.15) is 167 Å². The van der Waals surface area contributed by atoms with Gasteiger partial charge in [-0.25, -0.2) is 9.78 Å².